The molecule has 0 spiro atoms. The van der Waals surface area contributed by atoms with Crippen molar-refractivity contribution >= 4 is 21.0 Å². The van der Waals surface area contributed by atoms with Crippen LogP contribution in [0.2, 0.25) is 0 Å². The third-order valence-corrected chi connectivity index (χ3v) is 6.90. The van der Waals surface area contributed by atoms with Gasteiger partial charge in [0, 0.05) is 6.20 Å². The van der Waals surface area contributed by atoms with Gasteiger partial charge in [-0.3, -0.25) is 0 Å². The molecule has 8 heteroatoms. The van der Waals surface area contributed by atoms with Crippen LogP contribution in [0, 0.1) is 6.92 Å². The lowest BCUT2D eigenvalue weighted by atomic mass is 10.2. The Hall–Kier alpha value is -1.51. The minimum atomic E-state index is -3.73. The molecule has 0 amide bonds. The molecule has 1 heterocycles. The van der Waals surface area contributed by atoms with Crippen LogP contribution in [0.1, 0.15) is 51.4 Å². The first-order valence-corrected chi connectivity index (χ1v) is 10.7. The van der Waals surface area contributed by atoms with E-state index in [0.29, 0.717) is 12.1 Å². The molecule has 0 aliphatic rings. The van der Waals surface area contributed by atoms with Gasteiger partial charge < -0.3 is 0 Å². The molecule has 138 valence electrons. The number of hydrogen-bond donors (Lipinski definition) is 1. The standard InChI is InChI=1S/C17H25N3O3S2/c1-6-15(19-24(21)17(3,4)5)16-11-12-20(18-16)25(22,23)14-9-7-13(2)8-10-14/h7-12,15,19H,6H2,1-5H3/t15-,24?/m0/s1. The normalized spacial score (nSPS) is 15.1. The number of nitrogens with one attached hydrogen (secondary N) is 1. The molecule has 2 atom stereocenters. The van der Waals surface area contributed by atoms with E-state index in [-0.39, 0.29) is 10.9 Å². The highest BCUT2D eigenvalue weighted by molar-refractivity contribution is 7.89. The molecule has 0 saturated heterocycles. The van der Waals surface area contributed by atoms with E-state index in [1.807, 2.05) is 34.6 Å². The maximum absolute atomic E-state index is 12.7. The van der Waals surface area contributed by atoms with Crippen LogP contribution in [0.15, 0.2) is 41.4 Å². The third-order valence-electron chi connectivity index (χ3n) is 3.72. The van der Waals surface area contributed by atoms with Crippen molar-refractivity contribution in [2.24, 2.45) is 0 Å². The van der Waals surface area contributed by atoms with E-state index >= 15 is 0 Å². The molecule has 0 saturated carbocycles. The highest BCUT2D eigenvalue weighted by Crippen LogP contribution is 2.21. The van der Waals surface area contributed by atoms with Gasteiger partial charge >= 0.3 is 0 Å². The molecule has 2 aromatic rings. The molecule has 1 aromatic carbocycles. The average molecular weight is 384 g/mol. The first-order chi connectivity index (χ1) is 11.6. The fourth-order valence-corrected chi connectivity index (χ4v) is 4.14. The first-order valence-electron chi connectivity index (χ1n) is 8.11. The van der Waals surface area contributed by atoms with E-state index in [1.165, 1.54) is 6.20 Å². The molecule has 2 rings (SSSR count). The van der Waals surface area contributed by atoms with Crippen molar-refractivity contribution in [1.29, 1.82) is 0 Å². The molecule has 1 N–H and O–H groups in total. The molecule has 25 heavy (non-hydrogen) atoms. The molecular formula is C17H25N3O3S2. The van der Waals surface area contributed by atoms with Crippen molar-refractivity contribution in [3.05, 3.63) is 47.8 Å². The lowest BCUT2D eigenvalue weighted by Gasteiger charge is -2.22. The van der Waals surface area contributed by atoms with E-state index in [1.54, 1.807) is 30.3 Å². The maximum Gasteiger partial charge on any atom is 0.282 e. The van der Waals surface area contributed by atoms with E-state index in [9.17, 15) is 12.6 Å². The summed E-state index contributed by atoms with van der Waals surface area (Å²) in [7, 11) is -5.00. The molecule has 1 unspecified atom stereocenters. The molecule has 1 aromatic heterocycles. The Morgan fingerprint density at radius 3 is 2.32 bits per heavy atom. The van der Waals surface area contributed by atoms with Crippen LogP contribution < -0.4 is 4.72 Å². The smallest absolute Gasteiger partial charge is 0.242 e. The Morgan fingerprint density at radius 2 is 1.80 bits per heavy atom. The van der Waals surface area contributed by atoms with Crippen LogP contribution in [0.4, 0.5) is 0 Å². The zero-order valence-corrected chi connectivity index (χ0v) is 16.8. The van der Waals surface area contributed by atoms with Crippen LogP contribution in [0.5, 0.6) is 0 Å². The fourth-order valence-electron chi connectivity index (χ4n) is 2.12. The molecule has 0 bridgehead atoms. The van der Waals surface area contributed by atoms with Gasteiger partial charge in [-0.05, 0) is 52.3 Å². The number of nitrogens with zero attached hydrogens (tertiary/aromatic N) is 2. The minimum absolute atomic E-state index is 0.187. The topological polar surface area (TPSA) is 81.1 Å². The van der Waals surface area contributed by atoms with Crippen LogP contribution in [-0.2, 0) is 21.0 Å². The van der Waals surface area contributed by atoms with Gasteiger partial charge in [0.05, 0.1) is 32.4 Å². The van der Waals surface area contributed by atoms with Gasteiger partial charge in [-0.2, -0.15) is 17.6 Å². The Morgan fingerprint density at radius 1 is 1.20 bits per heavy atom. The highest BCUT2D eigenvalue weighted by atomic mass is 32.2. The van der Waals surface area contributed by atoms with E-state index in [2.05, 4.69) is 9.82 Å². The van der Waals surface area contributed by atoms with E-state index in [0.717, 1.165) is 9.65 Å². The summed E-state index contributed by atoms with van der Waals surface area (Å²) in [5.41, 5.74) is 1.54. The van der Waals surface area contributed by atoms with Crippen LogP contribution in [-0.4, -0.2) is 26.6 Å². The van der Waals surface area contributed by atoms with Crippen molar-refractivity contribution in [2.45, 2.75) is 56.7 Å². The molecule has 0 radical (unpaired) electrons. The number of aromatic nitrogens is 2. The quantitative estimate of drug-likeness (QED) is 0.831. The van der Waals surface area contributed by atoms with Gasteiger partial charge in [0.2, 0.25) is 0 Å². The number of hydrogen-bond acceptors (Lipinski definition) is 4. The predicted octanol–water partition coefficient (Wildman–Crippen LogP) is 2.93. The van der Waals surface area contributed by atoms with Gasteiger partial charge in [-0.25, -0.2) is 8.93 Å². The SMILES string of the molecule is CC[C@H](NS(=O)C(C)(C)C)c1ccn(S(=O)(=O)c2ccc(C)cc2)n1. The molecule has 0 aliphatic heterocycles. The summed E-state index contributed by atoms with van der Waals surface area (Å²) in [5, 5.41) is 4.22. The summed E-state index contributed by atoms with van der Waals surface area (Å²) in [4.78, 5) is 0.187. The van der Waals surface area contributed by atoms with Crippen LogP contribution >= 0.6 is 0 Å². The Kier molecular flexibility index (Phi) is 5.86. The Bertz CT molecular complexity index is 850. The summed E-state index contributed by atoms with van der Waals surface area (Å²) in [6.45, 7) is 9.47. The zero-order chi connectivity index (χ0) is 18.8. The van der Waals surface area contributed by atoms with Gasteiger partial charge in [0.15, 0.2) is 0 Å². The molecule has 0 fully saturated rings. The monoisotopic (exact) mass is 383 g/mol. The summed E-state index contributed by atoms with van der Waals surface area (Å²) in [6.07, 6.45) is 2.07. The number of benzene rings is 1. The van der Waals surface area contributed by atoms with Crippen LogP contribution in [0.3, 0.4) is 0 Å². The van der Waals surface area contributed by atoms with Gasteiger partial charge in [0.1, 0.15) is 0 Å². The maximum atomic E-state index is 12.7. The minimum Gasteiger partial charge on any atom is -0.242 e. The van der Waals surface area contributed by atoms with Crippen molar-refractivity contribution in [3.63, 3.8) is 0 Å². The largest absolute Gasteiger partial charge is 0.282 e. The van der Waals surface area contributed by atoms with E-state index in [4.69, 9.17) is 0 Å². The van der Waals surface area contributed by atoms with Crippen molar-refractivity contribution < 1.29 is 12.6 Å². The van der Waals surface area contributed by atoms with Gasteiger partial charge in [-0.1, -0.05) is 24.6 Å². The Balaban J connectivity index is 2.28. The fraction of sp³-hybridized carbons (Fsp3) is 0.471. The summed E-state index contributed by atoms with van der Waals surface area (Å²) in [5.74, 6) is 0. The third kappa shape index (κ3) is 4.56. The highest BCUT2D eigenvalue weighted by Gasteiger charge is 2.25. The van der Waals surface area contributed by atoms with Crippen molar-refractivity contribution in [2.75, 3.05) is 0 Å². The number of aryl methyl sites for hydroxylation is 1. The second kappa shape index (κ2) is 7.39. The predicted molar refractivity (Wildman–Crippen MR) is 100 cm³/mol. The van der Waals surface area contributed by atoms with Crippen LogP contribution in [0.25, 0.3) is 0 Å². The molecule has 0 aliphatic carbocycles. The second-order valence-electron chi connectivity index (χ2n) is 6.89. The molecule has 6 nitrogen and oxygen atoms in total. The zero-order valence-electron chi connectivity index (χ0n) is 15.2. The molecular weight excluding hydrogens is 358 g/mol. The van der Waals surface area contributed by atoms with Gasteiger partial charge in [-0.15, -0.1) is 0 Å². The number of rotatable bonds is 6. The summed E-state index contributed by atoms with van der Waals surface area (Å²) in [6, 6.07) is 7.99. The second-order valence-corrected chi connectivity index (χ2v) is 10.7. The lowest BCUT2D eigenvalue weighted by molar-refractivity contribution is 0.565. The lowest BCUT2D eigenvalue weighted by Crippen LogP contribution is -2.35. The summed E-state index contributed by atoms with van der Waals surface area (Å²) >= 11 is 0. The van der Waals surface area contributed by atoms with E-state index < -0.39 is 25.8 Å². The van der Waals surface area contributed by atoms with Crippen molar-refractivity contribution in [3.8, 4) is 0 Å². The summed E-state index contributed by atoms with van der Waals surface area (Å²) < 4.78 is 41.2. The Labute approximate surface area is 152 Å². The average Bonchev–Trinajstić information content (AvgIpc) is 3.02. The van der Waals surface area contributed by atoms with Gasteiger partial charge in [0.25, 0.3) is 10.0 Å². The first kappa shape index (κ1) is 19.8. The van der Waals surface area contributed by atoms with Crippen molar-refractivity contribution in [1.82, 2.24) is 13.9 Å².